The van der Waals surface area contributed by atoms with Crippen LogP contribution < -0.4 is 16.2 Å². The Balaban J connectivity index is 1.59. The molecule has 0 aliphatic heterocycles. The van der Waals surface area contributed by atoms with E-state index in [1.54, 1.807) is 36.5 Å². The Morgan fingerprint density at radius 2 is 1.66 bits per heavy atom. The fraction of sp³-hybridized carbons (Fsp3) is 0.174. The summed E-state index contributed by atoms with van der Waals surface area (Å²) in [5.41, 5.74) is 2.75. The van der Waals surface area contributed by atoms with Crippen molar-refractivity contribution < 1.29 is 9.59 Å². The quantitative estimate of drug-likeness (QED) is 0.679. The average molecular weight is 389 g/mol. The van der Waals surface area contributed by atoms with Crippen LogP contribution in [0.2, 0.25) is 0 Å². The zero-order chi connectivity index (χ0) is 20.8. The minimum Gasteiger partial charge on any atom is -0.346 e. The number of aryl methyl sites for hydroxylation is 1. The molecule has 3 aromatic rings. The topological polar surface area (TPSA) is 80.2 Å². The average Bonchev–Trinajstić information content (AvgIpc) is 2.72. The monoisotopic (exact) mass is 389 g/mol. The van der Waals surface area contributed by atoms with Crippen molar-refractivity contribution in [1.29, 1.82) is 0 Å². The molecule has 2 amide bonds. The molecule has 0 saturated heterocycles. The lowest BCUT2D eigenvalue weighted by Crippen LogP contribution is -2.27. The zero-order valence-corrected chi connectivity index (χ0v) is 16.4. The molecule has 0 aliphatic carbocycles. The molecular formula is C23H23N3O3. The predicted octanol–water partition coefficient (Wildman–Crippen LogP) is 3.29. The lowest BCUT2D eigenvalue weighted by molar-refractivity contribution is -0.116. The van der Waals surface area contributed by atoms with Crippen molar-refractivity contribution in [2.24, 2.45) is 0 Å². The summed E-state index contributed by atoms with van der Waals surface area (Å²) < 4.78 is 1.36. The molecule has 6 nitrogen and oxygen atoms in total. The maximum Gasteiger partial charge on any atom is 0.251 e. The van der Waals surface area contributed by atoms with Gasteiger partial charge >= 0.3 is 0 Å². The molecule has 148 valence electrons. The van der Waals surface area contributed by atoms with E-state index in [1.807, 2.05) is 44.2 Å². The van der Waals surface area contributed by atoms with Crippen LogP contribution in [0.3, 0.4) is 0 Å². The first-order valence-electron chi connectivity index (χ1n) is 9.35. The van der Waals surface area contributed by atoms with Gasteiger partial charge in [-0.3, -0.25) is 14.4 Å². The van der Waals surface area contributed by atoms with E-state index < -0.39 is 0 Å². The number of amides is 2. The van der Waals surface area contributed by atoms with Crippen LogP contribution in [-0.2, 0) is 11.3 Å². The number of carbonyl (C=O) groups excluding carboxylic acids is 2. The first-order valence-corrected chi connectivity index (χ1v) is 9.35. The molecular weight excluding hydrogens is 366 g/mol. The first kappa shape index (κ1) is 20.1. The van der Waals surface area contributed by atoms with Crippen molar-refractivity contribution in [1.82, 2.24) is 9.88 Å². The Labute approximate surface area is 169 Å². The second kappa shape index (κ2) is 9.01. The molecule has 1 unspecified atom stereocenters. The number of nitrogens with zero attached hydrogens (tertiary/aromatic N) is 1. The first-order chi connectivity index (χ1) is 13.9. The largest absolute Gasteiger partial charge is 0.346 e. The van der Waals surface area contributed by atoms with E-state index in [-0.39, 0.29) is 30.0 Å². The summed E-state index contributed by atoms with van der Waals surface area (Å²) >= 11 is 0. The fourth-order valence-corrected chi connectivity index (χ4v) is 2.94. The Kier molecular flexibility index (Phi) is 6.24. The molecule has 3 rings (SSSR count). The number of aromatic nitrogens is 1. The molecule has 2 aromatic carbocycles. The van der Waals surface area contributed by atoms with Gasteiger partial charge in [-0.2, -0.15) is 0 Å². The van der Waals surface area contributed by atoms with E-state index in [0.717, 1.165) is 11.1 Å². The third-order valence-electron chi connectivity index (χ3n) is 4.52. The van der Waals surface area contributed by atoms with Gasteiger partial charge in [0.15, 0.2) is 0 Å². The molecule has 0 saturated carbocycles. The molecule has 0 bridgehead atoms. The van der Waals surface area contributed by atoms with E-state index in [4.69, 9.17) is 0 Å². The third-order valence-corrected chi connectivity index (χ3v) is 4.52. The van der Waals surface area contributed by atoms with E-state index in [2.05, 4.69) is 10.6 Å². The van der Waals surface area contributed by atoms with Gasteiger partial charge < -0.3 is 15.2 Å². The summed E-state index contributed by atoms with van der Waals surface area (Å²) in [5, 5.41) is 5.69. The van der Waals surface area contributed by atoms with Crippen LogP contribution in [0.5, 0.6) is 0 Å². The molecule has 0 fully saturated rings. The smallest absolute Gasteiger partial charge is 0.251 e. The van der Waals surface area contributed by atoms with Crippen LogP contribution in [0.4, 0.5) is 5.69 Å². The Morgan fingerprint density at radius 3 is 2.34 bits per heavy atom. The Bertz CT molecular complexity index is 1060. The number of hydrogen-bond acceptors (Lipinski definition) is 3. The fourth-order valence-electron chi connectivity index (χ4n) is 2.94. The number of nitrogens with one attached hydrogen (secondary N) is 2. The standard InChI is InChI=1S/C23H23N3O3/c1-16-8-13-22(28)26(14-16)15-21(27)25-20-11-9-19(10-12-20)23(29)24-17(2)18-6-4-3-5-7-18/h3-14,17H,15H2,1-2H3,(H,24,29)(H,25,27). The van der Waals surface area contributed by atoms with Crippen molar-refractivity contribution in [3.8, 4) is 0 Å². The third kappa shape index (κ3) is 5.42. The molecule has 1 aromatic heterocycles. The van der Waals surface area contributed by atoms with Gasteiger partial charge in [0, 0.05) is 23.5 Å². The summed E-state index contributed by atoms with van der Waals surface area (Å²) in [6, 6.07) is 19.4. The summed E-state index contributed by atoms with van der Waals surface area (Å²) in [4.78, 5) is 36.5. The van der Waals surface area contributed by atoms with Crippen molar-refractivity contribution >= 4 is 17.5 Å². The molecule has 1 atom stereocenters. The number of rotatable bonds is 6. The molecule has 6 heteroatoms. The predicted molar refractivity (Wildman–Crippen MR) is 113 cm³/mol. The van der Waals surface area contributed by atoms with Crippen molar-refractivity contribution in [3.05, 3.63) is 100.0 Å². The van der Waals surface area contributed by atoms with Gasteiger partial charge in [-0.25, -0.2) is 0 Å². The molecule has 1 heterocycles. The normalized spacial score (nSPS) is 11.5. The maximum absolute atomic E-state index is 12.4. The highest BCUT2D eigenvalue weighted by Crippen LogP contribution is 2.14. The number of benzene rings is 2. The van der Waals surface area contributed by atoms with Gasteiger partial charge in [0.25, 0.3) is 11.5 Å². The lowest BCUT2D eigenvalue weighted by atomic mass is 10.1. The van der Waals surface area contributed by atoms with Crippen molar-refractivity contribution in [2.75, 3.05) is 5.32 Å². The highest BCUT2D eigenvalue weighted by molar-refractivity contribution is 5.96. The molecule has 0 radical (unpaired) electrons. The van der Waals surface area contributed by atoms with Crippen LogP contribution >= 0.6 is 0 Å². The molecule has 0 aliphatic rings. The van der Waals surface area contributed by atoms with Gasteiger partial charge in [0.05, 0.1) is 6.04 Å². The minimum absolute atomic E-state index is 0.0721. The summed E-state index contributed by atoms with van der Waals surface area (Å²) in [6.45, 7) is 3.71. The minimum atomic E-state index is -0.312. The highest BCUT2D eigenvalue weighted by atomic mass is 16.2. The summed E-state index contributed by atoms with van der Waals surface area (Å²) in [6.07, 6.45) is 1.64. The zero-order valence-electron chi connectivity index (χ0n) is 16.4. The molecule has 0 spiro atoms. The number of hydrogen-bond donors (Lipinski definition) is 2. The van der Waals surface area contributed by atoms with E-state index >= 15 is 0 Å². The van der Waals surface area contributed by atoms with Crippen LogP contribution in [0, 0.1) is 6.92 Å². The van der Waals surface area contributed by atoms with Crippen molar-refractivity contribution in [3.63, 3.8) is 0 Å². The van der Waals surface area contributed by atoms with Gasteiger partial charge in [0.1, 0.15) is 6.54 Å². The Morgan fingerprint density at radius 1 is 0.966 bits per heavy atom. The Hall–Kier alpha value is -3.67. The number of pyridine rings is 1. The second-order valence-electron chi connectivity index (χ2n) is 6.90. The van der Waals surface area contributed by atoms with Crippen LogP contribution in [0.15, 0.2) is 77.7 Å². The maximum atomic E-state index is 12.4. The highest BCUT2D eigenvalue weighted by Gasteiger charge is 2.12. The van der Waals surface area contributed by atoms with E-state index in [0.29, 0.717) is 11.3 Å². The second-order valence-corrected chi connectivity index (χ2v) is 6.90. The van der Waals surface area contributed by atoms with Crippen LogP contribution in [0.25, 0.3) is 0 Å². The number of carbonyl (C=O) groups is 2. The molecule has 29 heavy (non-hydrogen) atoms. The molecule has 2 N–H and O–H groups in total. The summed E-state index contributed by atoms with van der Waals surface area (Å²) in [5.74, 6) is -0.502. The number of anilines is 1. The van der Waals surface area contributed by atoms with E-state index in [1.165, 1.54) is 10.6 Å². The SMILES string of the molecule is Cc1ccc(=O)n(CC(=O)Nc2ccc(C(=O)NC(C)c3ccccc3)cc2)c1. The van der Waals surface area contributed by atoms with Gasteiger partial charge in [-0.15, -0.1) is 0 Å². The summed E-state index contributed by atoms with van der Waals surface area (Å²) in [7, 11) is 0. The van der Waals surface area contributed by atoms with Crippen LogP contribution in [0.1, 0.15) is 34.5 Å². The lowest BCUT2D eigenvalue weighted by Gasteiger charge is -2.14. The van der Waals surface area contributed by atoms with E-state index in [9.17, 15) is 14.4 Å². The van der Waals surface area contributed by atoms with Crippen molar-refractivity contribution in [2.45, 2.75) is 26.4 Å². The van der Waals surface area contributed by atoms with Gasteiger partial charge in [0.2, 0.25) is 5.91 Å². The van der Waals surface area contributed by atoms with Gasteiger partial charge in [-0.1, -0.05) is 36.4 Å². The van der Waals surface area contributed by atoms with Gasteiger partial charge in [-0.05, 0) is 49.2 Å². The van der Waals surface area contributed by atoms with Crippen LogP contribution in [-0.4, -0.2) is 16.4 Å².